The molecule has 0 radical (unpaired) electrons. The van der Waals surface area contributed by atoms with Gasteiger partial charge in [0.25, 0.3) is 11.8 Å². The third-order valence-corrected chi connectivity index (χ3v) is 3.02. The minimum Gasteiger partial charge on any atom is -0.379 e. The van der Waals surface area contributed by atoms with Gasteiger partial charge < -0.3 is 4.74 Å². The van der Waals surface area contributed by atoms with Gasteiger partial charge in [-0.3, -0.25) is 14.5 Å². The molecule has 14 heavy (non-hydrogen) atoms. The van der Waals surface area contributed by atoms with E-state index in [-0.39, 0.29) is 11.8 Å². The number of rotatable bonds is 2. The van der Waals surface area contributed by atoms with Gasteiger partial charge in [-0.1, -0.05) is 6.92 Å². The van der Waals surface area contributed by atoms with Crippen LogP contribution in [0.2, 0.25) is 0 Å². The molecule has 1 atom stereocenters. The van der Waals surface area contributed by atoms with Crippen LogP contribution in [0, 0.1) is 0 Å². The Morgan fingerprint density at radius 2 is 2.07 bits per heavy atom. The van der Waals surface area contributed by atoms with Crippen LogP contribution in [-0.4, -0.2) is 35.5 Å². The topological polar surface area (TPSA) is 46.6 Å². The van der Waals surface area contributed by atoms with Crippen LogP contribution in [0.25, 0.3) is 0 Å². The summed E-state index contributed by atoms with van der Waals surface area (Å²) in [6.07, 6.45) is 4.17. The Bertz CT molecular complexity index is 284. The quantitative estimate of drug-likeness (QED) is 0.602. The first-order chi connectivity index (χ1) is 6.69. The van der Waals surface area contributed by atoms with E-state index in [1.165, 1.54) is 17.1 Å². The molecule has 1 unspecified atom stereocenters. The van der Waals surface area contributed by atoms with Crippen molar-refractivity contribution in [1.82, 2.24) is 4.90 Å². The van der Waals surface area contributed by atoms with Gasteiger partial charge in [0.2, 0.25) is 0 Å². The van der Waals surface area contributed by atoms with Crippen molar-refractivity contribution >= 4 is 11.8 Å². The summed E-state index contributed by atoms with van der Waals surface area (Å²) >= 11 is 0. The largest absolute Gasteiger partial charge is 0.379 e. The van der Waals surface area contributed by atoms with E-state index in [0.717, 1.165) is 12.8 Å². The molecule has 4 heteroatoms. The number of ether oxygens (including phenoxy) is 1. The highest BCUT2D eigenvalue weighted by Gasteiger charge is 2.45. The molecule has 2 amide bonds. The van der Waals surface area contributed by atoms with Crippen LogP contribution in [0.15, 0.2) is 12.2 Å². The van der Waals surface area contributed by atoms with E-state index in [9.17, 15) is 9.59 Å². The van der Waals surface area contributed by atoms with E-state index in [0.29, 0.717) is 13.2 Å². The van der Waals surface area contributed by atoms with Gasteiger partial charge in [-0.2, -0.15) is 0 Å². The SMILES string of the molecule is CCC1(N2C(=O)C=CC2=O)CCOC1. The molecule has 76 valence electrons. The zero-order valence-corrected chi connectivity index (χ0v) is 8.16. The molecule has 2 heterocycles. The molecule has 1 fully saturated rings. The van der Waals surface area contributed by atoms with Gasteiger partial charge in [-0.15, -0.1) is 0 Å². The lowest BCUT2D eigenvalue weighted by atomic mass is 9.93. The lowest BCUT2D eigenvalue weighted by Crippen LogP contribution is -2.52. The highest BCUT2D eigenvalue weighted by Crippen LogP contribution is 2.31. The normalized spacial score (nSPS) is 31.9. The average molecular weight is 195 g/mol. The van der Waals surface area contributed by atoms with E-state index < -0.39 is 5.54 Å². The van der Waals surface area contributed by atoms with Crippen LogP contribution in [-0.2, 0) is 14.3 Å². The highest BCUT2D eigenvalue weighted by atomic mass is 16.5. The predicted octanol–water partition coefficient (Wildman–Crippen LogP) is 0.480. The van der Waals surface area contributed by atoms with Crippen molar-refractivity contribution in [2.24, 2.45) is 0 Å². The van der Waals surface area contributed by atoms with Crippen LogP contribution in [0.4, 0.5) is 0 Å². The summed E-state index contributed by atoms with van der Waals surface area (Å²) in [5.41, 5.74) is -0.391. The van der Waals surface area contributed by atoms with Crippen molar-refractivity contribution in [3.63, 3.8) is 0 Å². The maximum absolute atomic E-state index is 11.5. The summed E-state index contributed by atoms with van der Waals surface area (Å²) < 4.78 is 5.29. The van der Waals surface area contributed by atoms with E-state index in [1.807, 2.05) is 6.92 Å². The van der Waals surface area contributed by atoms with Crippen LogP contribution >= 0.6 is 0 Å². The second-order valence-corrected chi connectivity index (χ2v) is 3.73. The van der Waals surface area contributed by atoms with Gasteiger partial charge >= 0.3 is 0 Å². The summed E-state index contributed by atoms with van der Waals surface area (Å²) in [5.74, 6) is -0.412. The van der Waals surface area contributed by atoms with Crippen LogP contribution in [0.1, 0.15) is 19.8 Å². The molecule has 0 bridgehead atoms. The van der Waals surface area contributed by atoms with Gasteiger partial charge in [0.05, 0.1) is 12.1 Å². The van der Waals surface area contributed by atoms with Gasteiger partial charge in [-0.25, -0.2) is 0 Å². The maximum Gasteiger partial charge on any atom is 0.254 e. The lowest BCUT2D eigenvalue weighted by molar-refractivity contribution is -0.144. The first-order valence-electron chi connectivity index (χ1n) is 4.83. The molecule has 0 aliphatic carbocycles. The van der Waals surface area contributed by atoms with Gasteiger partial charge in [0.15, 0.2) is 0 Å². The molecule has 0 N–H and O–H groups in total. The highest BCUT2D eigenvalue weighted by molar-refractivity contribution is 6.13. The van der Waals surface area contributed by atoms with Crippen molar-refractivity contribution in [1.29, 1.82) is 0 Å². The number of nitrogens with zero attached hydrogens (tertiary/aromatic N) is 1. The fourth-order valence-electron chi connectivity index (χ4n) is 2.08. The Kier molecular flexibility index (Phi) is 2.15. The first kappa shape index (κ1) is 9.40. The Balaban J connectivity index is 2.28. The van der Waals surface area contributed by atoms with Crippen molar-refractivity contribution in [3.8, 4) is 0 Å². The molecule has 0 saturated carbocycles. The summed E-state index contributed by atoms with van der Waals surface area (Å²) in [4.78, 5) is 24.3. The Hall–Kier alpha value is -1.16. The Labute approximate surface area is 82.5 Å². The fraction of sp³-hybridized carbons (Fsp3) is 0.600. The van der Waals surface area contributed by atoms with Crippen molar-refractivity contribution in [3.05, 3.63) is 12.2 Å². The lowest BCUT2D eigenvalue weighted by Gasteiger charge is -2.34. The summed E-state index contributed by atoms with van der Waals surface area (Å²) in [6.45, 7) is 3.08. The number of amides is 2. The maximum atomic E-state index is 11.5. The fourth-order valence-corrected chi connectivity index (χ4v) is 2.08. The Morgan fingerprint density at radius 1 is 1.43 bits per heavy atom. The minimum atomic E-state index is -0.391. The van der Waals surface area contributed by atoms with Crippen LogP contribution < -0.4 is 0 Å². The summed E-state index contributed by atoms with van der Waals surface area (Å²) in [5, 5.41) is 0. The molecular formula is C10H13NO3. The molecule has 1 saturated heterocycles. The Morgan fingerprint density at radius 3 is 2.50 bits per heavy atom. The van der Waals surface area contributed by atoms with Crippen LogP contribution in [0.3, 0.4) is 0 Å². The molecule has 2 rings (SSSR count). The van der Waals surface area contributed by atoms with Gasteiger partial charge in [0, 0.05) is 18.8 Å². The standard InChI is InChI=1S/C10H13NO3/c1-2-10(5-6-14-7-10)11-8(12)3-4-9(11)13/h3-4H,2,5-7H2,1H3. The monoisotopic (exact) mass is 195 g/mol. The minimum absolute atomic E-state index is 0.206. The molecule has 0 aromatic heterocycles. The van der Waals surface area contributed by atoms with E-state index in [2.05, 4.69) is 0 Å². The van der Waals surface area contributed by atoms with Crippen molar-refractivity contribution in [2.75, 3.05) is 13.2 Å². The second kappa shape index (κ2) is 3.20. The molecule has 2 aliphatic heterocycles. The zero-order chi connectivity index (χ0) is 10.2. The predicted molar refractivity (Wildman–Crippen MR) is 49.5 cm³/mol. The van der Waals surface area contributed by atoms with E-state index >= 15 is 0 Å². The van der Waals surface area contributed by atoms with Gasteiger partial charge in [-0.05, 0) is 12.8 Å². The number of carbonyl (C=O) groups is 2. The molecule has 0 spiro atoms. The average Bonchev–Trinajstić information content (AvgIpc) is 2.75. The molecule has 2 aliphatic rings. The zero-order valence-electron chi connectivity index (χ0n) is 8.16. The third-order valence-electron chi connectivity index (χ3n) is 3.02. The number of hydrogen-bond acceptors (Lipinski definition) is 3. The molecule has 0 aromatic rings. The number of carbonyl (C=O) groups excluding carboxylic acids is 2. The summed E-state index contributed by atoms with van der Waals surface area (Å²) in [6, 6.07) is 0. The third kappa shape index (κ3) is 1.18. The first-order valence-corrected chi connectivity index (χ1v) is 4.83. The van der Waals surface area contributed by atoms with Gasteiger partial charge in [0.1, 0.15) is 0 Å². The van der Waals surface area contributed by atoms with E-state index in [4.69, 9.17) is 4.74 Å². The second-order valence-electron chi connectivity index (χ2n) is 3.73. The number of imide groups is 1. The van der Waals surface area contributed by atoms with E-state index in [1.54, 1.807) is 0 Å². The molecular weight excluding hydrogens is 182 g/mol. The van der Waals surface area contributed by atoms with Crippen molar-refractivity contribution < 1.29 is 14.3 Å². The summed E-state index contributed by atoms with van der Waals surface area (Å²) in [7, 11) is 0. The van der Waals surface area contributed by atoms with Crippen LogP contribution in [0.5, 0.6) is 0 Å². The smallest absolute Gasteiger partial charge is 0.254 e. The number of hydrogen-bond donors (Lipinski definition) is 0. The van der Waals surface area contributed by atoms with Crippen molar-refractivity contribution in [2.45, 2.75) is 25.3 Å². The molecule has 0 aromatic carbocycles. The molecule has 4 nitrogen and oxygen atoms in total.